The lowest BCUT2D eigenvalue weighted by Gasteiger charge is -2.07. The molecule has 1 aromatic carbocycles. The molecule has 3 rings (SSSR count). The minimum absolute atomic E-state index is 0.0982. The highest BCUT2D eigenvalue weighted by Gasteiger charge is 2.12. The van der Waals surface area contributed by atoms with Crippen molar-refractivity contribution in [1.82, 2.24) is 10.3 Å². The smallest absolute Gasteiger partial charge is 0.287 e. The molecule has 0 aliphatic carbocycles. The van der Waals surface area contributed by atoms with E-state index in [2.05, 4.69) is 10.3 Å². The van der Waals surface area contributed by atoms with Gasteiger partial charge in [-0.2, -0.15) is 0 Å². The van der Waals surface area contributed by atoms with E-state index < -0.39 is 17.2 Å². The molecule has 0 unspecified atom stereocenters. The Morgan fingerprint density at radius 1 is 1.19 bits per heavy atom. The number of benzene rings is 1. The van der Waals surface area contributed by atoms with Crippen LogP contribution in [0.2, 0.25) is 0 Å². The number of amides is 1. The van der Waals surface area contributed by atoms with Crippen molar-refractivity contribution in [3.63, 3.8) is 0 Å². The highest BCUT2D eigenvalue weighted by molar-refractivity contribution is 5.91. The predicted octanol–water partition coefficient (Wildman–Crippen LogP) is 2.68. The van der Waals surface area contributed by atoms with Crippen LogP contribution in [0.5, 0.6) is 5.75 Å². The minimum atomic E-state index is -0.528. The molecule has 0 radical (unpaired) electrons. The molecule has 0 saturated carbocycles. The molecule has 0 spiro atoms. The molecule has 0 atom stereocenters. The molecular weight excluding hydrogens is 339 g/mol. The Labute approximate surface area is 148 Å². The number of halogens is 1. The van der Waals surface area contributed by atoms with Crippen LogP contribution in [0.3, 0.4) is 0 Å². The second kappa shape index (κ2) is 8.06. The molecule has 0 aliphatic rings. The number of nitrogens with zero attached hydrogens (tertiary/aromatic N) is 1. The molecule has 2 aromatic heterocycles. The lowest BCUT2D eigenvalue weighted by molar-refractivity contribution is 0.0919. The van der Waals surface area contributed by atoms with Crippen molar-refractivity contribution in [2.24, 2.45) is 0 Å². The van der Waals surface area contributed by atoms with E-state index in [0.717, 1.165) is 17.9 Å². The van der Waals surface area contributed by atoms with Crippen LogP contribution in [0.1, 0.15) is 21.7 Å². The zero-order valence-corrected chi connectivity index (χ0v) is 13.6. The molecule has 3 aromatic rings. The van der Waals surface area contributed by atoms with Crippen molar-refractivity contribution in [2.75, 3.05) is 0 Å². The number of pyridine rings is 1. The Morgan fingerprint density at radius 2 is 1.96 bits per heavy atom. The standard InChI is InChI=1S/C19H15FN2O4/c20-15-4-2-1-3-14(15)11-25-18-12-26-17(9-16(18)23)19(24)22-10-13-5-7-21-8-6-13/h1-9,12H,10-11H2,(H,22,24). The molecule has 0 fully saturated rings. The summed E-state index contributed by atoms with van der Waals surface area (Å²) in [5, 5.41) is 2.64. The summed E-state index contributed by atoms with van der Waals surface area (Å²) < 4.78 is 24.0. The molecule has 1 N–H and O–H groups in total. The summed E-state index contributed by atoms with van der Waals surface area (Å²) in [6, 6.07) is 10.6. The summed E-state index contributed by atoms with van der Waals surface area (Å²) in [6.07, 6.45) is 4.27. The van der Waals surface area contributed by atoms with Gasteiger partial charge in [0.25, 0.3) is 5.91 Å². The molecule has 7 heteroatoms. The Morgan fingerprint density at radius 3 is 2.69 bits per heavy atom. The summed E-state index contributed by atoms with van der Waals surface area (Å²) in [7, 11) is 0. The zero-order chi connectivity index (χ0) is 18.4. The molecular formula is C19H15FN2O4. The Hall–Kier alpha value is -3.48. The van der Waals surface area contributed by atoms with Gasteiger partial charge < -0.3 is 14.5 Å². The van der Waals surface area contributed by atoms with Crippen molar-refractivity contribution >= 4 is 5.91 Å². The number of aromatic nitrogens is 1. The number of ether oxygens (including phenoxy) is 1. The quantitative estimate of drug-likeness (QED) is 0.736. The maximum atomic E-state index is 13.5. The molecule has 0 aliphatic heterocycles. The van der Waals surface area contributed by atoms with Crippen LogP contribution < -0.4 is 15.5 Å². The van der Waals surface area contributed by atoms with E-state index in [0.29, 0.717) is 5.56 Å². The first kappa shape index (κ1) is 17.3. The van der Waals surface area contributed by atoms with Crippen molar-refractivity contribution in [3.05, 3.63) is 94.0 Å². The number of carbonyl (C=O) groups excluding carboxylic acids is 1. The number of carbonyl (C=O) groups is 1. The summed E-state index contributed by atoms with van der Waals surface area (Å²) in [5.41, 5.74) is 0.647. The van der Waals surface area contributed by atoms with Gasteiger partial charge in [-0.25, -0.2) is 4.39 Å². The van der Waals surface area contributed by atoms with Crippen LogP contribution in [-0.2, 0) is 13.2 Å². The molecule has 2 heterocycles. The number of nitrogens with one attached hydrogen (secondary N) is 1. The molecule has 0 bridgehead atoms. The van der Waals surface area contributed by atoms with Gasteiger partial charge >= 0.3 is 0 Å². The first-order valence-electron chi connectivity index (χ1n) is 7.79. The van der Waals surface area contributed by atoms with E-state index in [-0.39, 0.29) is 24.7 Å². The van der Waals surface area contributed by atoms with E-state index >= 15 is 0 Å². The first-order valence-corrected chi connectivity index (χ1v) is 7.79. The van der Waals surface area contributed by atoms with Gasteiger partial charge in [-0.05, 0) is 23.8 Å². The highest BCUT2D eigenvalue weighted by atomic mass is 19.1. The van der Waals surface area contributed by atoms with Crippen molar-refractivity contribution in [2.45, 2.75) is 13.2 Å². The lowest BCUT2D eigenvalue weighted by atomic mass is 10.2. The van der Waals surface area contributed by atoms with Gasteiger partial charge in [0, 0.05) is 30.6 Å². The molecule has 6 nitrogen and oxygen atoms in total. The third kappa shape index (κ3) is 4.32. The first-order chi connectivity index (χ1) is 12.6. The lowest BCUT2D eigenvalue weighted by Crippen LogP contribution is -2.24. The third-order valence-corrected chi connectivity index (χ3v) is 3.57. The van der Waals surface area contributed by atoms with E-state index in [1.165, 1.54) is 6.07 Å². The Balaban J connectivity index is 1.62. The third-order valence-electron chi connectivity index (χ3n) is 3.57. The van der Waals surface area contributed by atoms with Crippen LogP contribution in [0, 0.1) is 5.82 Å². The summed E-state index contributed by atoms with van der Waals surface area (Å²) >= 11 is 0. The maximum Gasteiger partial charge on any atom is 0.287 e. The fourth-order valence-corrected chi connectivity index (χ4v) is 2.16. The number of hydrogen-bond donors (Lipinski definition) is 1. The number of hydrogen-bond acceptors (Lipinski definition) is 5. The van der Waals surface area contributed by atoms with E-state index in [1.807, 2.05) is 0 Å². The van der Waals surface area contributed by atoms with Gasteiger partial charge in [0.1, 0.15) is 18.7 Å². The average molecular weight is 354 g/mol. The fourth-order valence-electron chi connectivity index (χ4n) is 2.16. The van der Waals surface area contributed by atoms with E-state index in [4.69, 9.17) is 9.15 Å². The second-order valence-corrected chi connectivity index (χ2v) is 5.39. The van der Waals surface area contributed by atoms with E-state index in [1.54, 1.807) is 42.7 Å². The zero-order valence-electron chi connectivity index (χ0n) is 13.6. The second-order valence-electron chi connectivity index (χ2n) is 5.39. The van der Waals surface area contributed by atoms with Crippen LogP contribution >= 0.6 is 0 Å². The Bertz CT molecular complexity index is 957. The minimum Gasteiger partial charge on any atom is -0.482 e. The van der Waals surface area contributed by atoms with Crippen molar-refractivity contribution in [3.8, 4) is 5.75 Å². The maximum absolute atomic E-state index is 13.5. The van der Waals surface area contributed by atoms with Gasteiger partial charge in [-0.3, -0.25) is 14.6 Å². The van der Waals surface area contributed by atoms with Crippen LogP contribution in [0.25, 0.3) is 0 Å². The molecule has 26 heavy (non-hydrogen) atoms. The monoisotopic (exact) mass is 354 g/mol. The SMILES string of the molecule is O=C(NCc1ccncc1)c1cc(=O)c(OCc2ccccc2F)co1. The van der Waals surface area contributed by atoms with Crippen LogP contribution in [-0.4, -0.2) is 10.9 Å². The fraction of sp³-hybridized carbons (Fsp3) is 0.105. The number of rotatable bonds is 6. The van der Waals surface area contributed by atoms with Gasteiger partial charge in [-0.15, -0.1) is 0 Å². The summed E-state index contributed by atoms with van der Waals surface area (Å²) in [5.74, 6) is -1.19. The van der Waals surface area contributed by atoms with Gasteiger partial charge in [0.15, 0.2) is 5.76 Å². The Kier molecular flexibility index (Phi) is 5.38. The topological polar surface area (TPSA) is 81.4 Å². The van der Waals surface area contributed by atoms with Crippen LogP contribution in [0.15, 0.2) is 70.3 Å². The van der Waals surface area contributed by atoms with Crippen molar-refractivity contribution in [1.29, 1.82) is 0 Å². The normalized spacial score (nSPS) is 10.3. The highest BCUT2D eigenvalue weighted by Crippen LogP contribution is 2.12. The predicted molar refractivity (Wildman–Crippen MR) is 91.1 cm³/mol. The van der Waals surface area contributed by atoms with Gasteiger partial charge in [-0.1, -0.05) is 18.2 Å². The summed E-state index contributed by atoms with van der Waals surface area (Å²) in [4.78, 5) is 28.0. The molecule has 1 amide bonds. The van der Waals surface area contributed by atoms with Gasteiger partial charge in [0.05, 0.1) is 0 Å². The molecule has 0 saturated heterocycles. The van der Waals surface area contributed by atoms with Crippen molar-refractivity contribution < 1.29 is 18.3 Å². The van der Waals surface area contributed by atoms with Gasteiger partial charge in [0.2, 0.25) is 11.2 Å². The molecule has 132 valence electrons. The average Bonchev–Trinajstić information content (AvgIpc) is 2.67. The van der Waals surface area contributed by atoms with E-state index in [9.17, 15) is 14.0 Å². The van der Waals surface area contributed by atoms with Crippen LogP contribution in [0.4, 0.5) is 4.39 Å². The largest absolute Gasteiger partial charge is 0.482 e. The summed E-state index contributed by atoms with van der Waals surface area (Å²) in [6.45, 7) is 0.154.